The Morgan fingerprint density at radius 2 is 1.84 bits per heavy atom. The second-order valence-corrected chi connectivity index (χ2v) is 6.26. The Hall–Kier alpha value is -1.10. The van der Waals surface area contributed by atoms with E-state index in [0.717, 1.165) is 25.8 Å². The molecule has 2 aliphatic rings. The van der Waals surface area contributed by atoms with E-state index in [0.29, 0.717) is 18.8 Å². The smallest absolute Gasteiger partial charge is 0.329 e. The fourth-order valence-electron chi connectivity index (χ4n) is 3.15. The zero-order valence-electron chi connectivity index (χ0n) is 11.7. The van der Waals surface area contributed by atoms with E-state index in [2.05, 4.69) is 17.6 Å². The second kappa shape index (κ2) is 5.49. The zero-order chi connectivity index (χ0) is 14.0. The van der Waals surface area contributed by atoms with Gasteiger partial charge in [0, 0.05) is 0 Å². The molecule has 0 aromatic rings. The molecule has 2 unspecified atom stereocenters. The van der Waals surface area contributed by atoms with Crippen molar-refractivity contribution in [3.63, 3.8) is 0 Å². The first-order valence-electron chi connectivity index (χ1n) is 7.23. The predicted molar refractivity (Wildman–Crippen MR) is 71.7 cm³/mol. The molecule has 5 heteroatoms. The van der Waals surface area contributed by atoms with E-state index in [9.17, 15) is 14.7 Å². The lowest BCUT2D eigenvalue weighted by Crippen LogP contribution is -2.60. The molecular weight excluding hydrogens is 244 g/mol. The first kappa shape index (κ1) is 14.3. The van der Waals surface area contributed by atoms with Crippen LogP contribution >= 0.6 is 0 Å². The Bertz CT molecular complexity index is 362. The Kier molecular flexibility index (Phi) is 4.13. The Balaban J connectivity index is 2.04. The van der Waals surface area contributed by atoms with Crippen molar-refractivity contribution in [3.05, 3.63) is 0 Å². The van der Waals surface area contributed by atoms with Gasteiger partial charge in [0.2, 0.25) is 5.91 Å². The fourth-order valence-corrected chi connectivity index (χ4v) is 3.15. The maximum atomic E-state index is 12.3. The number of hydrogen-bond donors (Lipinski definition) is 3. The molecule has 1 saturated carbocycles. The third-order valence-electron chi connectivity index (χ3n) is 4.72. The molecule has 19 heavy (non-hydrogen) atoms. The minimum absolute atomic E-state index is 0.151. The van der Waals surface area contributed by atoms with Crippen molar-refractivity contribution in [3.8, 4) is 0 Å². The zero-order valence-corrected chi connectivity index (χ0v) is 11.7. The monoisotopic (exact) mass is 268 g/mol. The molecule has 1 aliphatic carbocycles. The van der Waals surface area contributed by atoms with E-state index in [1.807, 2.05) is 6.92 Å². The van der Waals surface area contributed by atoms with Gasteiger partial charge < -0.3 is 15.7 Å². The number of carboxylic acids is 1. The van der Waals surface area contributed by atoms with Gasteiger partial charge in [0.1, 0.15) is 5.54 Å². The molecule has 0 aromatic heterocycles. The highest BCUT2D eigenvalue weighted by atomic mass is 16.4. The standard InChI is InChI=1S/C14H24N2O3/c1-9-3-6-14(7-4-9,13(18)19)16-12(17)11-10(2)5-8-15-11/h9-11,15H,3-8H2,1-2H3,(H,16,17)(H,18,19). The van der Waals surface area contributed by atoms with Crippen LogP contribution in [0.1, 0.15) is 46.0 Å². The quantitative estimate of drug-likeness (QED) is 0.717. The summed E-state index contributed by atoms with van der Waals surface area (Å²) < 4.78 is 0. The number of carbonyl (C=O) groups excluding carboxylic acids is 1. The minimum Gasteiger partial charge on any atom is -0.480 e. The lowest BCUT2D eigenvalue weighted by molar-refractivity contribution is -0.150. The van der Waals surface area contributed by atoms with E-state index in [1.165, 1.54) is 0 Å². The Morgan fingerprint density at radius 3 is 2.32 bits per heavy atom. The van der Waals surface area contributed by atoms with Crippen LogP contribution in [0.4, 0.5) is 0 Å². The molecule has 5 nitrogen and oxygen atoms in total. The maximum Gasteiger partial charge on any atom is 0.329 e. The molecule has 2 rings (SSSR count). The number of rotatable bonds is 3. The summed E-state index contributed by atoms with van der Waals surface area (Å²) >= 11 is 0. The molecule has 3 N–H and O–H groups in total. The number of aliphatic carboxylic acids is 1. The van der Waals surface area contributed by atoms with Crippen LogP contribution in [0.5, 0.6) is 0 Å². The molecule has 0 bridgehead atoms. The number of carbonyl (C=O) groups is 2. The first-order chi connectivity index (χ1) is 8.94. The van der Waals surface area contributed by atoms with Gasteiger partial charge in [0.05, 0.1) is 6.04 Å². The average molecular weight is 268 g/mol. The van der Waals surface area contributed by atoms with Gasteiger partial charge in [-0.1, -0.05) is 13.8 Å². The number of amides is 1. The third-order valence-corrected chi connectivity index (χ3v) is 4.72. The van der Waals surface area contributed by atoms with Crippen molar-refractivity contribution in [2.75, 3.05) is 6.54 Å². The number of nitrogens with one attached hydrogen (secondary N) is 2. The summed E-state index contributed by atoms with van der Waals surface area (Å²) in [6.45, 7) is 4.99. The highest BCUT2D eigenvalue weighted by molar-refractivity contribution is 5.90. The van der Waals surface area contributed by atoms with Crippen molar-refractivity contribution < 1.29 is 14.7 Å². The largest absolute Gasteiger partial charge is 0.480 e. The third kappa shape index (κ3) is 2.91. The van der Waals surface area contributed by atoms with Crippen molar-refractivity contribution >= 4 is 11.9 Å². The van der Waals surface area contributed by atoms with Crippen molar-refractivity contribution in [2.45, 2.75) is 57.5 Å². The summed E-state index contributed by atoms with van der Waals surface area (Å²) in [5.41, 5.74) is -1.05. The van der Waals surface area contributed by atoms with E-state index in [-0.39, 0.29) is 17.9 Å². The molecule has 0 spiro atoms. The average Bonchev–Trinajstić information content (AvgIpc) is 2.78. The first-order valence-corrected chi connectivity index (χ1v) is 7.23. The van der Waals surface area contributed by atoms with Crippen LogP contribution in [0, 0.1) is 11.8 Å². The lowest BCUT2D eigenvalue weighted by Gasteiger charge is -2.37. The molecule has 0 aromatic carbocycles. The molecule has 1 heterocycles. The van der Waals surface area contributed by atoms with Gasteiger partial charge in [0.25, 0.3) is 0 Å². The molecule has 2 atom stereocenters. The Morgan fingerprint density at radius 1 is 1.21 bits per heavy atom. The summed E-state index contributed by atoms with van der Waals surface area (Å²) in [4.78, 5) is 23.9. The molecule has 1 saturated heterocycles. The fraction of sp³-hybridized carbons (Fsp3) is 0.857. The van der Waals surface area contributed by atoms with Gasteiger partial charge in [-0.15, -0.1) is 0 Å². The van der Waals surface area contributed by atoms with Gasteiger partial charge in [-0.2, -0.15) is 0 Å². The topological polar surface area (TPSA) is 78.4 Å². The van der Waals surface area contributed by atoms with Crippen LogP contribution in [-0.4, -0.2) is 35.1 Å². The summed E-state index contributed by atoms with van der Waals surface area (Å²) in [6.07, 6.45) is 3.77. The predicted octanol–water partition coefficient (Wildman–Crippen LogP) is 1.13. The van der Waals surface area contributed by atoms with Crippen LogP contribution in [0.15, 0.2) is 0 Å². The van der Waals surface area contributed by atoms with E-state index < -0.39 is 11.5 Å². The van der Waals surface area contributed by atoms with E-state index >= 15 is 0 Å². The van der Waals surface area contributed by atoms with Gasteiger partial charge in [0.15, 0.2) is 0 Å². The van der Waals surface area contributed by atoms with Gasteiger partial charge in [-0.05, 0) is 50.5 Å². The van der Waals surface area contributed by atoms with Crippen LogP contribution in [0.25, 0.3) is 0 Å². The van der Waals surface area contributed by atoms with Crippen LogP contribution < -0.4 is 10.6 Å². The van der Waals surface area contributed by atoms with Crippen molar-refractivity contribution in [2.24, 2.45) is 11.8 Å². The Labute approximate surface area is 114 Å². The van der Waals surface area contributed by atoms with Gasteiger partial charge in [-0.3, -0.25) is 4.79 Å². The molecule has 1 amide bonds. The summed E-state index contributed by atoms with van der Waals surface area (Å²) in [7, 11) is 0. The minimum atomic E-state index is -1.05. The number of hydrogen-bond acceptors (Lipinski definition) is 3. The molecule has 0 radical (unpaired) electrons. The molecular formula is C14H24N2O3. The SMILES string of the molecule is CC1CCC(NC(=O)C2NCCC2C)(C(=O)O)CC1. The maximum absolute atomic E-state index is 12.3. The highest BCUT2D eigenvalue weighted by Crippen LogP contribution is 2.32. The normalized spacial score (nSPS) is 38.9. The second-order valence-electron chi connectivity index (χ2n) is 6.26. The summed E-state index contributed by atoms with van der Waals surface area (Å²) in [5, 5.41) is 15.5. The van der Waals surface area contributed by atoms with Crippen molar-refractivity contribution in [1.82, 2.24) is 10.6 Å². The van der Waals surface area contributed by atoms with Crippen LogP contribution in [0.3, 0.4) is 0 Å². The van der Waals surface area contributed by atoms with E-state index in [1.54, 1.807) is 0 Å². The number of carboxylic acid groups (broad SMARTS) is 1. The van der Waals surface area contributed by atoms with Crippen LogP contribution in [-0.2, 0) is 9.59 Å². The van der Waals surface area contributed by atoms with Crippen molar-refractivity contribution in [1.29, 1.82) is 0 Å². The molecule has 1 aliphatic heterocycles. The van der Waals surface area contributed by atoms with Gasteiger partial charge >= 0.3 is 5.97 Å². The van der Waals surface area contributed by atoms with Crippen LogP contribution in [0.2, 0.25) is 0 Å². The van der Waals surface area contributed by atoms with E-state index in [4.69, 9.17) is 0 Å². The van der Waals surface area contributed by atoms with Gasteiger partial charge in [-0.25, -0.2) is 4.79 Å². The molecule has 108 valence electrons. The summed E-state index contributed by atoms with van der Waals surface area (Å²) in [5.74, 6) is -0.221. The summed E-state index contributed by atoms with van der Waals surface area (Å²) in [6, 6.07) is -0.240. The highest BCUT2D eigenvalue weighted by Gasteiger charge is 2.44. The lowest BCUT2D eigenvalue weighted by atomic mass is 9.77. The molecule has 2 fully saturated rings.